The molecule has 1 aromatic rings. The van der Waals surface area contributed by atoms with E-state index < -0.39 is 11.7 Å². The van der Waals surface area contributed by atoms with Crippen molar-refractivity contribution in [2.45, 2.75) is 25.6 Å². The molecule has 1 saturated heterocycles. The molecule has 1 fully saturated rings. The van der Waals surface area contributed by atoms with Crippen LogP contribution in [-0.2, 0) is 15.7 Å². The zero-order chi connectivity index (χ0) is 16.9. The number of amides is 1. The smallest absolute Gasteiger partial charge is 0.371 e. The van der Waals surface area contributed by atoms with E-state index in [0.29, 0.717) is 32.7 Å². The highest BCUT2D eigenvalue weighted by Crippen LogP contribution is 2.31. The molecular formula is C16H21F3N2O2. The Kier molecular flexibility index (Phi) is 6.01. The molecule has 1 heterocycles. The molecule has 1 amide bonds. The zero-order valence-corrected chi connectivity index (χ0v) is 13.0. The number of hydrogen-bond donors (Lipinski definition) is 1. The van der Waals surface area contributed by atoms with Crippen LogP contribution in [0.15, 0.2) is 24.3 Å². The molecule has 7 heteroatoms. The molecule has 1 aliphatic rings. The van der Waals surface area contributed by atoms with Crippen molar-refractivity contribution in [1.82, 2.24) is 10.2 Å². The van der Waals surface area contributed by atoms with E-state index in [-0.39, 0.29) is 12.0 Å². The number of carbonyl (C=O) groups is 1. The number of alkyl halides is 3. The number of ether oxygens (including phenoxy) is 1. The third kappa shape index (κ3) is 5.21. The minimum absolute atomic E-state index is 0.00470. The van der Waals surface area contributed by atoms with Gasteiger partial charge in [-0.05, 0) is 24.6 Å². The lowest BCUT2D eigenvalue weighted by Gasteiger charge is -2.33. The Hall–Kier alpha value is -1.60. The van der Waals surface area contributed by atoms with Crippen LogP contribution in [0.3, 0.4) is 0 Å². The molecule has 0 aromatic heterocycles. The molecule has 0 aliphatic carbocycles. The van der Waals surface area contributed by atoms with Gasteiger partial charge in [-0.1, -0.05) is 12.1 Å². The second-order valence-electron chi connectivity index (χ2n) is 5.48. The second kappa shape index (κ2) is 7.79. The maximum Gasteiger partial charge on any atom is 0.416 e. The Morgan fingerprint density at radius 2 is 2.04 bits per heavy atom. The summed E-state index contributed by atoms with van der Waals surface area (Å²) in [5.74, 6) is 0.00470. The monoisotopic (exact) mass is 330 g/mol. The van der Waals surface area contributed by atoms with Crippen molar-refractivity contribution in [3.05, 3.63) is 35.4 Å². The van der Waals surface area contributed by atoms with Gasteiger partial charge in [-0.15, -0.1) is 0 Å². The SMILES string of the molecule is CCNC(=O)CCN1CCO[C@@H](c2ccc(C(F)(F)F)cc2)C1. The minimum Gasteiger partial charge on any atom is -0.371 e. The molecule has 1 aliphatic heterocycles. The summed E-state index contributed by atoms with van der Waals surface area (Å²) in [4.78, 5) is 13.6. The van der Waals surface area contributed by atoms with Crippen molar-refractivity contribution < 1.29 is 22.7 Å². The predicted octanol–water partition coefficient (Wildman–Crippen LogP) is 2.60. The Bertz CT molecular complexity index is 517. The van der Waals surface area contributed by atoms with Gasteiger partial charge in [0.2, 0.25) is 5.91 Å². The first-order chi connectivity index (χ1) is 10.9. The molecular weight excluding hydrogens is 309 g/mol. The van der Waals surface area contributed by atoms with Crippen molar-refractivity contribution in [2.24, 2.45) is 0 Å². The Balaban J connectivity index is 1.91. The Morgan fingerprint density at radius 1 is 1.35 bits per heavy atom. The van der Waals surface area contributed by atoms with E-state index in [1.165, 1.54) is 12.1 Å². The molecule has 0 bridgehead atoms. The van der Waals surface area contributed by atoms with E-state index in [0.717, 1.165) is 24.2 Å². The first-order valence-electron chi connectivity index (χ1n) is 7.68. The number of nitrogens with zero attached hydrogens (tertiary/aromatic N) is 1. The summed E-state index contributed by atoms with van der Waals surface area (Å²) in [5.41, 5.74) is 0.0610. The van der Waals surface area contributed by atoms with E-state index in [2.05, 4.69) is 10.2 Å². The van der Waals surface area contributed by atoms with Crippen LogP contribution >= 0.6 is 0 Å². The molecule has 1 N–H and O–H groups in total. The molecule has 0 radical (unpaired) electrons. The molecule has 128 valence electrons. The first-order valence-corrected chi connectivity index (χ1v) is 7.68. The van der Waals surface area contributed by atoms with Crippen LogP contribution in [0.25, 0.3) is 0 Å². The molecule has 0 saturated carbocycles. The third-order valence-electron chi connectivity index (χ3n) is 3.79. The normalized spacial score (nSPS) is 19.6. The fourth-order valence-electron chi connectivity index (χ4n) is 2.54. The fourth-order valence-corrected chi connectivity index (χ4v) is 2.54. The number of rotatable bonds is 5. The average molecular weight is 330 g/mol. The second-order valence-corrected chi connectivity index (χ2v) is 5.48. The minimum atomic E-state index is -4.33. The summed E-state index contributed by atoms with van der Waals surface area (Å²) >= 11 is 0. The number of hydrogen-bond acceptors (Lipinski definition) is 3. The highest BCUT2D eigenvalue weighted by Gasteiger charge is 2.30. The molecule has 4 nitrogen and oxygen atoms in total. The van der Waals surface area contributed by atoms with Crippen molar-refractivity contribution in [1.29, 1.82) is 0 Å². The lowest BCUT2D eigenvalue weighted by molar-refractivity contribution is -0.137. The largest absolute Gasteiger partial charge is 0.416 e. The fraction of sp³-hybridized carbons (Fsp3) is 0.562. The third-order valence-corrected chi connectivity index (χ3v) is 3.79. The van der Waals surface area contributed by atoms with E-state index in [1.54, 1.807) is 0 Å². The van der Waals surface area contributed by atoms with Crippen LogP contribution in [0.2, 0.25) is 0 Å². The average Bonchev–Trinajstić information content (AvgIpc) is 2.53. The molecule has 0 unspecified atom stereocenters. The van der Waals surface area contributed by atoms with Gasteiger partial charge in [0.1, 0.15) is 0 Å². The maximum absolute atomic E-state index is 12.6. The van der Waals surface area contributed by atoms with Gasteiger partial charge in [-0.25, -0.2) is 0 Å². The number of carbonyl (C=O) groups excluding carboxylic acids is 1. The molecule has 23 heavy (non-hydrogen) atoms. The molecule has 1 aromatic carbocycles. The highest BCUT2D eigenvalue weighted by molar-refractivity contribution is 5.75. The van der Waals surface area contributed by atoms with Crippen LogP contribution in [0.1, 0.15) is 30.6 Å². The topological polar surface area (TPSA) is 41.6 Å². The lowest BCUT2D eigenvalue weighted by atomic mass is 10.0. The zero-order valence-electron chi connectivity index (χ0n) is 13.0. The van der Waals surface area contributed by atoms with Crippen molar-refractivity contribution in [2.75, 3.05) is 32.8 Å². The van der Waals surface area contributed by atoms with Gasteiger partial charge in [0.25, 0.3) is 0 Å². The standard InChI is InChI=1S/C16H21F3N2O2/c1-2-20-15(22)7-8-21-9-10-23-14(11-21)12-3-5-13(6-4-12)16(17,18)19/h3-6,14H,2,7-11H2,1H3,(H,20,22)/t14-/m1/s1. The lowest BCUT2D eigenvalue weighted by Crippen LogP contribution is -2.40. The number of benzene rings is 1. The number of halogens is 3. The van der Waals surface area contributed by atoms with Gasteiger partial charge in [0, 0.05) is 32.6 Å². The summed E-state index contributed by atoms with van der Waals surface area (Å²) in [6.45, 7) is 4.89. The Morgan fingerprint density at radius 3 is 2.65 bits per heavy atom. The van der Waals surface area contributed by atoms with E-state index in [4.69, 9.17) is 4.74 Å². The van der Waals surface area contributed by atoms with Crippen molar-refractivity contribution in [3.8, 4) is 0 Å². The van der Waals surface area contributed by atoms with Crippen LogP contribution in [0, 0.1) is 0 Å². The van der Waals surface area contributed by atoms with Crippen LogP contribution in [0.4, 0.5) is 13.2 Å². The van der Waals surface area contributed by atoms with Gasteiger partial charge < -0.3 is 10.1 Å². The summed E-state index contributed by atoms with van der Waals surface area (Å²) in [5, 5.41) is 2.74. The summed E-state index contributed by atoms with van der Waals surface area (Å²) in [7, 11) is 0. The maximum atomic E-state index is 12.6. The summed E-state index contributed by atoms with van der Waals surface area (Å²) < 4.78 is 43.4. The quantitative estimate of drug-likeness (QED) is 0.902. The number of morpholine rings is 1. The van der Waals surface area contributed by atoms with Gasteiger partial charge in [-0.3, -0.25) is 9.69 Å². The number of nitrogens with one attached hydrogen (secondary N) is 1. The van der Waals surface area contributed by atoms with E-state index >= 15 is 0 Å². The summed E-state index contributed by atoms with van der Waals surface area (Å²) in [6, 6.07) is 5.07. The molecule has 0 spiro atoms. The van der Waals surface area contributed by atoms with Crippen LogP contribution < -0.4 is 5.32 Å². The molecule has 1 atom stereocenters. The van der Waals surface area contributed by atoms with Gasteiger partial charge >= 0.3 is 6.18 Å². The summed E-state index contributed by atoms with van der Waals surface area (Å²) in [6.07, 6.45) is -4.18. The molecule has 2 rings (SSSR count). The van der Waals surface area contributed by atoms with Crippen LogP contribution in [-0.4, -0.2) is 43.6 Å². The van der Waals surface area contributed by atoms with E-state index in [1.807, 2.05) is 6.92 Å². The van der Waals surface area contributed by atoms with Gasteiger partial charge in [-0.2, -0.15) is 13.2 Å². The van der Waals surface area contributed by atoms with Gasteiger partial charge in [0.05, 0.1) is 18.3 Å². The highest BCUT2D eigenvalue weighted by atomic mass is 19.4. The Labute approximate surface area is 133 Å². The van der Waals surface area contributed by atoms with Crippen molar-refractivity contribution >= 4 is 5.91 Å². The first kappa shape index (κ1) is 17.7. The predicted molar refractivity (Wildman–Crippen MR) is 79.9 cm³/mol. The van der Waals surface area contributed by atoms with E-state index in [9.17, 15) is 18.0 Å². The van der Waals surface area contributed by atoms with Gasteiger partial charge in [0.15, 0.2) is 0 Å². The van der Waals surface area contributed by atoms with Crippen molar-refractivity contribution in [3.63, 3.8) is 0 Å². The van der Waals surface area contributed by atoms with Crippen LogP contribution in [0.5, 0.6) is 0 Å².